The number of hydrogen-bond donors (Lipinski definition) is 1. The number of piperidine rings is 1. The molecule has 0 saturated carbocycles. The topological polar surface area (TPSA) is 73.9 Å². The van der Waals surface area contributed by atoms with E-state index in [-0.39, 0.29) is 29.4 Å². The molecule has 0 aromatic heterocycles. The van der Waals surface area contributed by atoms with E-state index in [9.17, 15) is 9.59 Å². The van der Waals surface area contributed by atoms with Crippen molar-refractivity contribution in [2.24, 2.45) is 5.92 Å². The molecule has 1 aromatic rings. The van der Waals surface area contributed by atoms with Crippen LogP contribution in [0.15, 0.2) is 24.3 Å². The molecule has 136 valence electrons. The van der Waals surface area contributed by atoms with Gasteiger partial charge in [0.25, 0.3) is 0 Å². The second-order valence-electron chi connectivity index (χ2n) is 7.60. The Morgan fingerprint density at radius 1 is 1.23 bits per heavy atom. The summed E-state index contributed by atoms with van der Waals surface area (Å²) in [5.74, 6) is 0.679. The molecular formula is C20H21NO5. The van der Waals surface area contributed by atoms with Crippen molar-refractivity contribution >= 4 is 11.9 Å². The third-order valence-corrected chi connectivity index (χ3v) is 6.20. The largest absolute Gasteiger partial charge is 0.481 e. The number of benzene rings is 1. The smallest absolute Gasteiger partial charge is 0.308 e. The maximum absolute atomic E-state index is 11.6. The lowest BCUT2D eigenvalue weighted by Crippen LogP contribution is -2.65. The van der Waals surface area contributed by atoms with Crippen LogP contribution in [0.2, 0.25) is 0 Å². The first-order chi connectivity index (χ1) is 12.5. The van der Waals surface area contributed by atoms with Gasteiger partial charge in [0.15, 0.2) is 17.6 Å². The van der Waals surface area contributed by atoms with Crippen molar-refractivity contribution in [3.05, 3.63) is 35.4 Å². The van der Waals surface area contributed by atoms with Crippen LogP contribution in [-0.2, 0) is 26.2 Å². The lowest BCUT2D eigenvalue weighted by atomic mass is 9.53. The summed E-state index contributed by atoms with van der Waals surface area (Å²) < 4.78 is 17.4. The van der Waals surface area contributed by atoms with Gasteiger partial charge in [-0.2, -0.15) is 0 Å². The van der Waals surface area contributed by atoms with Gasteiger partial charge in [-0.15, -0.1) is 0 Å². The third kappa shape index (κ3) is 1.96. The van der Waals surface area contributed by atoms with Crippen LogP contribution in [0.5, 0.6) is 11.5 Å². The summed E-state index contributed by atoms with van der Waals surface area (Å²) in [7, 11) is 0. The molecular weight excluding hydrogens is 334 g/mol. The van der Waals surface area contributed by atoms with Crippen molar-refractivity contribution in [3.8, 4) is 11.5 Å². The van der Waals surface area contributed by atoms with E-state index in [4.69, 9.17) is 14.2 Å². The minimum absolute atomic E-state index is 0.246. The molecule has 1 spiro atoms. The van der Waals surface area contributed by atoms with E-state index in [0.29, 0.717) is 17.5 Å². The number of rotatable bonds is 2. The molecule has 26 heavy (non-hydrogen) atoms. The van der Waals surface area contributed by atoms with Gasteiger partial charge in [0.2, 0.25) is 0 Å². The summed E-state index contributed by atoms with van der Waals surface area (Å²) in [5, 5.41) is 3.63. The zero-order chi connectivity index (χ0) is 18.1. The predicted octanol–water partition coefficient (Wildman–Crippen LogP) is 1.65. The van der Waals surface area contributed by atoms with E-state index in [1.165, 1.54) is 19.4 Å². The molecule has 0 radical (unpaired) electrons. The summed E-state index contributed by atoms with van der Waals surface area (Å²) in [6.45, 7) is 3.69. The quantitative estimate of drug-likeness (QED) is 0.494. The normalized spacial score (nSPS) is 35.3. The number of carbonyl (C=O) groups excluding carboxylic acids is 2. The van der Waals surface area contributed by atoms with Gasteiger partial charge in [-0.3, -0.25) is 9.59 Å². The molecule has 1 aromatic carbocycles. The van der Waals surface area contributed by atoms with E-state index in [1.54, 1.807) is 0 Å². The van der Waals surface area contributed by atoms with Crippen LogP contribution in [0, 0.1) is 5.92 Å². The van der Waals surface area contributed by atoms with Crippen LogP contribution in [0.4, 0.5) is 0 Å². The third-order valence-electron chi connectivity index (χ3n) is 6.20. The van der Waals surface area contributed by atoms with Gasteiger partial charge in [0.1, 0.15) is 6.10 Å². The van der Waals surface area contributed by atoms with Crippen LogP contribution in [0.1, 0.15) is 31.4 Å². The van der Waals surface area contributed by atoms with Crippen LogP contribution in [0.25, 0.3) is 0 Å². The number of esters is 2. The van der Waals surface area contributed by atoms with E-state index in [1.807, 2.05) is 18.2 Å². The summed E-state index contributed by atoms with van der Waals surface area (Å²) in [6.07, 6.45) is 5.21. The van der Waals surface area contributed by atoms with E-state index >= 15 is 0 Å². The Hall–Kier alpha value is -2.34. The fourth-order valence-corrected chi connectivity index (χ4v) is 5.48. The first-order valence-corrected chi connectivity index (χ1v) is 9.11. The van der Waals surface area contributed by atoms with Crippen molar-refractivity contribution in [2.45, 2.75) is 50.4 Å². The lowest BCUT2D eigenvalue weighted by molar-refractivity contribution is -0.151. The van der Waals surface area contributed by atoms with E-state index in [0.717, 1.165) is 24.9 Å². The summed E-state index contributed by atoms with van der Waals surface area (Å²) >= 11 is 0. The van der Waals surface area contributed by atoms with Gasteiger partial charge in [-0.25, -0.2) is 0 Å². The predicted molar refractivity (Wildman–Crippen MR) is 92.1 cm³/mol. The Bertz CT molecular complexity index is 847. The fourth-order valence-electron chi connectivity index (χ4n) is 5.48. The SMILES string of the molecule is CC(=O)Oc1ccc2c3c1O[C@H]1[C@@H](OC(C)=O)C=CC4[C@@H](C2)NCCC341. The van der Waals surface area contributed by atoms with Crippen molar-refractivity contribution in [1.82, 2.24) is 5.32 Å². The molecule has 2 unspecified atom stereocenters. The van der Waals surface area contributed by atoms with Gasteiger partial charge in [-0.1, -0.05) is 12.1 Å². The van der Waals surface area contributed by atoms with Gasteiger partial charge >= 0.3 is 11.9 Å². The molecule has 2 aliphatic carbocycles. The maximum atomic E-state index is 11.6. The summed E-state index contributed by atoms with van der Waals surface area (Å²) in [4.78, 5) is 23.2. The van der Waals surface area contributed by atoms with Crippen molar-refractivity contribution in [3.63, 3.8) is 0 Å². The Kier molecular flexibility index (Phi) is 3.26. The van der Waals surface area contributed by atoms with Crippen molar-refractivity contribution in [1.29, 1.82) is 0 Å². The van der Waals surface area contributed by atoms with Gasteiger partial charge in [0, 0.05) is 36.8 Å². The van der Waals surface area contributed by atoms with Gasteiger partial charge in [0.05, 0.1) is 0 Å². The van der Waals surface area contributed by atoms with Crippen molar-refractivity contribution < 1.29 is 23.8 Å². The van der Waals surface area contributed by atoms with Crippen LogP contribution < -0.4 is 14.8 Å². The Balaban J connectivity index is 1.71. The molecule has 1 N–H and O–H groups in total. The van der Waals surface area contributed by atoms with E-state index < -0.39 is 6.10 Å². The average molecular weight is 355 g/mol. The van der Waals surface area contributed by atoms with Crippen LogP contribution in [0.3, 0.4) is 0 Å². The molecule has 2 aliphatic heterocycles. The average Bonchev–Trinajstić information content (AvgIpc) is 2.91. The number of ether oxygens (including phenoxy) is 3. The molecule has 5 atom stereocenters. The highest BCUT2D eigenvalue weighted by molar-refractivity contribution is 5.73. The lowest BCUT2D eigenvalue weighted by Gasteiger charge is -2.54. The Morgan fingerprint density at radius 3 is 2.85 bits per heavy atom. The first-order valence-electron chi connectivity index (χ1n) is 9.11. The molecule has 6 nitrogen and oxygen atoms in total. The molecule has 6 heteroatoms. The second-order valence-corrected chi connectivity index (χ2v) is 7.60. The zero-order valence-corrected chi connectivity index (χ0v) is 14.8. The summed E-state index contributed by atoms with van der Waals surface area (Å²) in [5.41, 5.74) is 2.12. The monoisotopic (exact) mass is 355 g/mol. The van der Waals surface area contributed by atoms with Crippen molar-refractivity contribution in [2.75, 3.05) is 6.54 Å². The number of hydrogen-bond acceptors (Lipinski definition) is 6. The fraction of sp³-hybridized carbons (Fsp3) is 0.500. The highest BCUT2D eigenvalue weighted by atomic mass is 16.6. The highest BCUT2D eigenvalue weighted by Gasteiger charge is 2.64. The molecule has 2 heterocycles. The minimum Gasteiger partial charge on any atom is -0.481 e. The number of carbonyl (C=O) groups is 2. The maximum Gasteiger partial charge on any atom is 0.308 e. The van der Waals surface area contributed by atoms with E-state index in [2.05, 4.69) is 11.4 Å². The van der Waals surface area contributed by atoms with Crippen LogP contribution >= 0.6 is 0 Å². The second kappa shape index (κ2) is 5.33. The van der Waals surface area contributed by atoms with Gasteiger partial charge < -0.3 is 19.5 Å². The first kappa shape index (κ1) is 15.9. The molecule has 1 fully saturated rings. The molecule has 2 bridgehead atoms. The number of nitrogens with one attached hydrogen (secondary N) is 1. The minimum atomic E-state index is -0.439. The van der Waals surface area contributed by atoms with Gasteiger partial charge in [-0.05, 0) is 37.1 Å². The molecule has 4 aliphatic rings. The molecule has 0 amide bonds. The zero-order valence-electron chi connectivity index (χ0n) is 14.8. The highest BCUT2D eigenvalue weighted by Crippen LogP contribution is 2.61. The Labute approximate surface area is 151 Å². The molecule has 1 saturated heterocycles. The summed E-state index contributed by atoms with van der Waals surface area (Å²) in [6, 6.07) is 4.19. The Morgan fingerprint density at radius 2 is 2.08 bits per heavy atom. The molecule has 5 rings (SSSR count). The van der Waals surface area contributed by atoms with Crippen LogP contribution in [-0.4, -0.2) is 36.7 Å². The standard InChI is InChI=1S/C20H21NO5/c1-10(22)24-15-5-3-12-9-14-13-4-6-16(25-11(2)23)19-20(13,7-8-21-14)17(12)18(15)26-19/h3-6,13-14,16,19,21H,7-9H2,1-2H3/t13?,14-,16+,19+,20?/m1/s1.